The van der Waals surface area contributed by atoms with E-state index in [4.69, 9.17) is 0 Å². The van der Waals surface area contributed by atoms with Crippen LogP contribution in [-0.2, 0) is 13.1 Å². The fourth-order valence-corrected chi connectivity index (χ4v) is 3.03. The first-order valence-corrected chi connectivity index (χ1v) is 10.3. The van der Waals surface area contributed by atoms with E-state index < -0.39 is 0 Å². The number of nitrogens with zero attached hydrogens (tertiary/aromatic N) is 2. The van der Waals surface area contributed by atoms with E-state index in [-0.39, 0.29) is 0 Å². The van der Waals surface area contributed by atoms with Crippen LogP contribution in [0.4, 0.5) is 0 Å². The molecular formula is C24H38N2. The molecule has 0 atom stereocenters. The molecule has 0 aliphatic rings. The lowest BCUT2D eigenvalue weighted by molar-refractivity contribution is 0.266. The van der Waals surface area contributed by atoms with E-state index >= 15 is 0 Å². The van der Waals surface area contributed by atoms with Gasteiger partial charge < -0.3 is 0 Å². The molecule has 0 saturated heterocycles. The van der Waals surface area contributed by atoms with Crippen molar-refractivity contribution >= 4 is 0 Å². The lowest BCUT2D eigenvalue weighted by atomic mass is 10.2. The summed E-state index contributed by atoms with van der Waals surface area (Å²) in [6.45, 7) is 15.7. The fourth-order valence-electron chi connectivity index (χ4n) is 3.03. The molecule has 2 nitrogen and oxygen atoms in total. The molecule has 0 heterocycles. The van der Waals surface area contributed by atoms with E-state index in [1.807, 2.05) is 0 Å². The number of hydrogen-bond donors (Lipinski definition) is 0. The van der Waals surface area contributed by atoms with Gasteiger partial charge in [0.25, 0.3) is 0 Å². The molecule has 0 fully saturated rings. The Hall–Kier alpha value is -1.64. The van der Waals surface area contributed by atoms with Crippen molar-refractivity contribution in [2.45, 2.75) is 53.6 Å². The van der Waals surface area contributed by atoms with Crippen molar-refractivity contribution in [2.24, 2.45) is 0 Å². The first kappa shape index (κ1) is 22.4. The largest absolute Gasteiger partial charge is 0.300 e. The average molecular weight is 355 g/mol. The zero-order valence-corrected chi connectivity index (χ0v) is 17.3. The first-order chi connectivity index (χ1) is 12.7. The minimum absolute atomic E-state index is 1.08. The molecule has 0 aromatic heterocycles. The molecule has 0 amide bonds. The van der Waals surface area contributed by atoms with Gasteiger partial charge in [0.2, 0.25) is 0 Å². The van der Waals surface area contributed by atoms with Gasteiger partial charge in [-0.2, -0.15) is 0 Å². The standard InChI is InChI=1S/C13H21N.C11H17N/c1-3-10-14(11-4-2)12-13-8-6-5-7-9-13;1-3-12(4-2)10-11-8-6-5-7-9-11/h5-9H,3-4,10-12H2,1-2H3;5-9H,3-4,10H2,1-2H3. The SMILES string of the molecule is CCCN(CCC)Cc1ccccc1.CCN(CC)Cc1ccccc1. The summed E-state index contributed by atoms with van der Waals surface area (Å²) in [7, 11) is 0. The molecule has 0 aliphatic heterocycles. The van der Waals surface area contributed by atoms with E-state index in [0.29, 0.717) is 0 Å². The quantitative estimate of drug-likeness (QED) is 0.529. The molecule has 0 saturated carbocycles. The zero-order valence-electron chi connectivity index (χ0n) is 17.3. The third-order valence-electron chi connectivity index (χ3n) is 4.47. The van der Waals surface area contributed by atoms with E-state index in [0.717, 1.165) is 26.2 Å². The van der Waals surface area contributed by atoms with Crippen LogP contribution in [-0.4, -0.2) is 36.0 Å². The predicted molar refractivity (Wildman–Crippen MR) is 115 cm³/mol. The normalized spacial score (nSPS) is 10.7. The molecule has 2 rings (SSSR count). The molecule has 0 radical (unpaired) electrons. The van der Waals surface area contributed by atoms with Crippen LogP contribution in [0.3, 0.4) is 0 Å². The molecule has 144 valence electrons. The molecular weight excluding hydrogens is 316 g/mol. The van der Waals surface area contributed by atoms with Crippen molar-refractivity contribution in [3.63, 3.8) is 0 Å². The highest BCUT2D eigenvalue weighted by atomic mass is 15.1. The lowest BCUT2D eigenvalue weighted by Crippen LogP contribution is -2.24. The van der Waals surface area contributed by atoms with Crippen LogP contribution in [0.1, 0.15) is 51.7 Å². The summed E-state index contributed by atoms with van der Waals surface area (Å²) in [5.74, 6) is 0. The third kappa shape index (κ3) is 9.74. The van der Waals surface area contributed by atoms with E-state index in [1.165, 1.54) is 37.1 Å². The average Bonchev–Trinajstić information content (AvgIpc) is 2.69. The highest BCUT2D eigenvalue weighted by molar-refractivity contribution is 5.15. The van der Waals surface area contributed by atoms with Crippen LogP contribution in [0.2, 0.25) is 0 Å². The second-order valence-electron chi connectivity index (χ2n) is 6.71. The minimum atomic E-state index is 1.08. The monoisotopic (exact) mass is 354 g/mol. The van der Waals surface area contributed by atoms with E-state index in [9.17, 15) is 0 Å². The van der Waals surface area contributed by atoms with Crippen LogP contribution in [0, 0.1) is 0 Å². The minimum Gasteiger partial charge on any atom is -0.300 e. The maximum Gasteiger partial charge on any atom is 0.0233 e. The van der Waals surface area contributed by atoms with Crippen molar-refractivity contribution < 1.29 is 0 Å². The Balaban J connectivity index is 0.000000263. The summed E-state index contributed by atoms with van der Waals surface area (Å²) in [6, 6.07) is 21.3. The Morgan fingerprint density at radius 1 is 0.538 bits per heavy atom. The van der Waals surface area contributed by atoms with Crippen LogP contribution >= 0.6 is 0 Å². The maximum absolute atomic E-state index is 2.52. The van der Waals surface area contributed by atoms with Crippen molar-refractivity contribution in [3.05, 3.63) is 71.8 Å². The van der Waals surface area contributed by atoms with Crippen molar-refractivity contribution in [1.29, 1.82) is 0 Å². The summed E-state index contributed by atoms with van der Waals surface area (Å²) in [5.41, 5.74) is 2.83. The van der Waals surface area contributed by atoms with Gasteiger partial charge in [0.05, 0.1) is 0 Å². The maximum atomic E-state index is 2.52. The molecule has 2 heteroatoms. The van der Waals surface area contributed by atoms with Crippen LogP contribution in [0.15, 0.2) is 60.7 Å². The number of benzene rings is 2. The molecule has 0 bridgehead atoms. The lowest BCUT2D eigenvalue weighted by Gasteiger charge is -2.20. The van der Waals surface area contributed by atoms with Crippen LogP contribution in [0.5, 0.6) is 0 Å². The van der Waals surface area contributed by atoms with Crippen molar-refractivity contribution in [2.75, 3.05) is 26.2 Å². The number of rotatable bonds is 10. The zero-order chi connectivity index (χ0) is 19.0. The summed E-state index contributed by atoms with van der Waals surface area (Å²) in [6.07, 6.45) is 2.49. The van der Waals surface area contributed by atoms with Gasteiger partial charge in [0, 0.05) is 13.1 Å². The molecule has 0 aliphatic carbocycles. The van der Waals surface area contributed by atoms with Crippen LogP contribution in [0.25, 0.3) is 0 Å². The van der Waals surface area contributed by atoms with Gasteiger partial charge in [-0.05, 0) is 50.1 Å². The van der Waals surface area contributed by atoms with Crippen molar-refractivity contribution in [3.8, 4) is 0 Å². The Kier molecular flexibility index (Phi) is 12.5. The fraction of sp³-hybridized carbons (Fsp3) is 0.500. The van der Waals surface area contributed by atoms with Crippen molar-refractivity contribution in [1.82, 2.24) is 9.80 Å². The second kappa shape index (κ2) is 14.5. The topological polar surface area (TPSA) is 6.48 Å². The molecule has 0 N–H and O–H groups in total. The van der Waals surface area contributed by atoms with Gasteiger partial charge >= 0.3 is 0 Å². The molecule has 0 unspecified atom stereocenters. The molecule has 2 aromatic rings. The second-order valence-corrected chi connectivity index (χ2v) is 6.71. The highest BCUT2D eigenvalue weighted by Crippen LogP contribution is 2.05. The van der Waals surface area contributed by atoms with Gasteiger partial charge in [0.1, 0.15) is 0 Å². The summed E-state index contributed by atoms with van der Waals surface area (Å²) in [5, 5.41) is 0. The Bertz CT molecular complexity index is 529. The highest BCUT2D eigenvalue weighted by Gasteiger charge is 2.02. The van der Waals surface area contributed by atoms with Crippen LogP contribution < -0.4 is 0 Å². The Labute approximate surface area is 161 Å². The smallest absolute Gasteiger partial charge is 0.0233 e. The molecule has 2 aromatic carbocycles. The number of hydrogen-bond acceptors (Lipinski definition) is 2. The van der Waals surface area contributed by atoms with Gasteiger partial charge in [0.15, 0.2) is 0 Å². The first-order valence-electron chi connectivity index (χ1n) is 10.3. The summed E-state index contributed by atoms with van der Waals surface area (Å²) >= 11 is 0. The third-order valence-corrected chi connectivity index (χ3v) is 4.47. The van der Waals surface area contributed by atoms with E-state index in [2.05, 4.69) is 98.2 Å². The summed E-state index contributed by atoms with van der Waals surface area (Å²) in [4.78, 5) is 4.94. The van der Waals surface area contributed by atoms with Gasteiger partial charge in [-0.15, -0.1) is 0 Å². The van der Waals surface area contributed by atoms with Gasteiger partial charge in [-0.3, -0.25) is 9.80 Å². The molecule has 0 spiro atoms. The van der Waals surface area contributed by atoms with Gasteiger partial charge in [-0.1, -0.05) is 88.4 Å². The molecule has 26 heavy (non-hydrogen) atoms. The Morgan fingerprint density at radius 2 is 0.923 bits per heavy atom. The van der Waals surface area contributed by atoms with Gasteiger partial charge in [-0.25, -0.2) is 0 Å². The summed E-state index contributed by atoms with van der Waals surface area (Å²) < 4.78 is 0. The van der Waals surface area contributed by atoms with E-state index in [1.54, 1.807) is 0 Å². The predicted octanol–water partition coefficient (Wildman–Crippen LogP) is 5.84. The Morgan fingerprint density at radius 3 is 1.27 bits per heavy atom.